The lowest BCUT2D eigenvalue weighted by molar-refractivity contribution is -0.136. The van der Waals surface area contributed by atoms with E-state index in [1.54, 1.807) is 19.1 Å². The minimum absolute atomic E-state index is 0.0495. The maximum absolute atomic E-state index is 12.2. The van der Waals surface area contributed by atoms with Gasteiger partial charge in [0.25, 0.3) is 5.91 Å². The molecule has 0 spiro atoms. The molecule has 0 bridgehead atoms. The van der Waals surface area contributed by atoms with E-state index < -0.39 is 6.10 Å². The molecule has 1 fully saturated rings. The molecule has 21 heavy (non-hydrogen) atoms. The van der Waals surface area contributed by atoms with Gasteiger partial charge in [0.15, 0.2) is 6.10 Å². The summed E-state index contributed by atoms with van der Waals surface area (Å²) < 4.78 is 10.8. The fourth-order valence-electron chi connectivity index (χ4n) is 2.42. The van der Waals surface area contributed by atoms with Crippen molar-refractivity contribution in [1.29, 1.82) is 0 Å². The van der Waals surface area contributed by atoms with Crippen LogP contribution in [-0.4, -0.2) is 40.2 Å². The van der Waals surface area contributed by atoms with Gasteiger partial charge in [0.2, 0.25) is 12.3 Å². The zero-order chi connectivity index (χ0) is 14.7. The highest BCUT2D eigenvalue weighted by Gasteiger charge is 2.24. The van der Waals surface area contributed by atoms with Crippen LogP contribution < -0.4 is 4.74 Å². The highest BCUT2D eigenvalue weighted by molar-refractivity contribution is 5.81. The maximum Gasteiger partial charge on any atom is 0.263 e. The van der Waals surface area contributed by atoms with Crippen molar-refractivity contribution in [3.8, 4) is 17.2 Å². The van der Waals surface area contributed by atoms with Crippen LogP contribution in [0.2, 0.25) is 0 Å². The van der Waals surface area contributed by atoms with E-state index in [1.807, 2.05) is 17.0 Å². The minimum atomic E-state index is -0.475. The van der Waals surface area contributed by atoms with E-state index in [2.05, 4.69) is 10.2 Å². The second-order valence-corrected chi connectivity index (χ2v) is 5.06. The highest BCUT2D eigenvalue weighted by atomic mass is 16.5. The molecule has 6 heteroatoms. The maximum atomic E-state index is 12.2. The molecule has 0 aliphatic carbocycles. The molecule has 0 N–H and O–H groups in total. The number of hydrogen-bond donors (Lipinski definition) is 0. The molecular weight excluding hydrogens is 270 g/mol. The summed E-state index contributed by atoms with van der Waals surface area (Å²) in [4.78, 5) is 14.0. The molecule has 0 saturated carbocycles. The van der Waals surface area contributed by atoms with E-state index in [9.17, 15) is 4.79 Å². The van der Waals surface area contributed by atoms with Crippen LogP contribution in [0.5, 0.6) is 5.75 Å². The molecule has 0 unspecified atom stereocenters. The fraction of sp³-hybridized carbons (Fsp3) is 0.400. The molecule has 1 amide bonds. The third kappa shape index (κ3) is 3.04. The molecule has 1 saturated heterocycles. The lowest BCUT2D eigenvalue weighted by Gasteiger charge is -2.21. The number of hydrogen-bond acceptors (Lipinski definition) is 5. The van der Waals surface area contributed by atoms with Crippen LogP contribution in [0.1, 0.15) is 19.8 Å². The summed E-state index contributed by atoms with van der Waals surface area (Å²) in [6.45, 7) is 3.46. The number of amides is 1. The number of ether oxygens (including phenoxy) is 1. The number of nitrogens with zero attached hydrogens (tertiary/aromatic N) is 3. The zero-order valence-electron chi connectivity index (χ0n) is 11.9. The van der Waals surface area contributed by atoms with Gasteiger partial charge in [-0.25, -0.2) is 0 Å². The Morgan fingerprint density at radius 2 is 2.00 bits per heavy atom. The Kier molecular flexibility index (Phi) is 3.85. The summed E-state index contributed by atoms with van der Waals surface area (Å²) in [5, 5.41) is 7.48. The highest BCUT2D eigenvalue weighted by Crippen LogP contribution is 2.21. The smallest absolute Gasteiger partial charge is 0.263 e. The van der Waals surface area contributed by atoms with Crippen LogP contribution >= 0.6 is 0 Å². The lowest BCUT2D eigenvalue weighted by atomic mass is 10.2. The van der Waals surface area contributed by atoms with Crippen molar-refractivity contribution in [2.75, 3.05) is 13.1 Å². The van der Waals surface area contributed by atoms with Gasteiger partial charge < -0.3 is 14.1 Å². The molecule has 1 aliphatic heterocycles. The summed E-state index contributed by atoms with van der Waals surface area (Å²) in [5.41, 5.74) is 0.818. The number of carbonyl (C=O) groups is 1. The van der Waals surface area contributed by atoms with E-state index >= 15 is 0 Å². The van der Waals surface area contributed by atoms with Crippen molar-refractivity contribution >= 4 is 5.91 Å². The van der Waals surface area contributed by atoms with Gasteiger partial charge in [-0.2, -0.15) is 0 Å². The largest absolute Gasteiger partial charge is 0.481 e. The molecule has 1 aromatic carbocycles. The Balaban J connectivity index is 1.63. The second-order valence-electron chi connectivity index (χ2n) is 5.06. The average molecular weight is 287 g/mol. The number of benzene rings is 1. The molecule has 2 heterocycles. The quantitative estimate of drug-likeness (QED) is 0.861. The average Bonchev–Trinajstić information content (AvgIpc) is 3.20. The van der Waals surface area contributed by atoms with Crippen molar-refractivity contribution < 1.29 is 13.9 Å². The lowest BCUT2D eigenvalue weighted by Crippen LogP contribution is -2.38. The Bertz CT molecular complexity index is 589. The zero-order valence-corrected chi connectivity index (χ0v) is 11.9. The number of likely N-dealkylation sites (tertiary alicyclic amines) is 1. The van der Waals surface area contributed by atoms with E-state index in [0.29, 0.717) is 11.6 Å². The first-order valence-corrected chi connectivity index (χ1v) is 7.06. The third-order valence-electron chi connectivity index (χ3n) is 3.54. The van der Waals surface area contributed by atoms with Gasteiger partial charge in [-0.05, 0) is 44.0 Å². The number of carbonyl (C=O) groups excluding carboxylic acids is 1. The van der Waals surface area contributed by atoms with E-state index in [4.69, 9.17) is 9.15 Å². The normalized spacial score (nSPS) is 16.0. The standard InChI is InChI=1S/C15H17N3O3/c1-11(15(19)18-8-2-3-9-18)21-13-6-4-12(5-7-13)14-17-16-10-20-14/h4-7,10-11H,2-3,8-9H2,1H3/t11-/m1/s1. The van der Waals surface area contributed by atoms with Crippen LogP contribution in [0.15, 0.2) is 35.1 Å². The van der Waals surface area contributed by atoms with Crippen LogP contribution in [-0.2, 0) is 4.79 Å². The van der Waals surface area contributed by atoms with Crippen LogP contribution in [0.4, 0.5) is 0 Å². The monoisotopic (exact) mass is 287 g/mol. The van der Waals surface area contributed by atoms with Gasteiger partial charge in [0.05, 0.1) is 0 Å². The predicted molar refractivity (Wildman–Crippen MR) is 75.6 cm³/mol. The van der Waals surface area contributed by atoms with Gasteiger partial charge in [-0.15, -0.1) is 10.2 Å². The Morgan fingerprint density at radius 1 is 1.29 bits per heavy atom. The molecule has 1 atom stereocenters. The summed E-state index contributed by atoms with van der Waals surface area (Å²) in [7, 11) is 0. The van der Waals surface area contributed by atoms with Crippen LogP contribution in [0, 0.1) is 0 Å². The van der Waals surface area contributed by atoms with E-state index in [-0.39, 0.29) is 5.91 Å². The van der Waals surface area contributed by atoms with Gasteiger partial charge >= 0.3 is 0 Å². The summed E-state index contributed by atoms with van der Waals surface area (Å²) in [5.74, 6) is 1.16. The first-order valence-electron chi connectivity index (χ1n) is 7.06. The predicted octanol–water partition coefficient (Wildman–Crippen LogP) is 2.13. The third-order valence-corrected chi connectivity index (χ3v) is 3.54. The topological polar surface area (TPSA) is 68.5 Å². The van der Waals surface area contributed by atoms with Crippen molar-refractivity contribution in [2.24, 2.45) is 0 Å². The van der Waals surface area contributed by atoms with Crippen LogP contribution in [0.3, 0.4) is 0 Å². The first kappa shape index (κ1) is 13.6. The molecule has 3 rings (SSSR count). The van der Waals surface area contributed by atoms with Gasteiger partial charge in [0.1, 0.15) is 5.75 Å². The SMILES string of the molecule is C[C@@H](Oc1ccc(-c2nnco2)cc1)C(=O)N1CCCC1. The first-order chi connectivity index (χ1) is 10.2. The molecule has 110 valence electrons. The fourth-order valence-corrected chi connectivity index (χ4v) is 2.42. The van der Waals surface area contributed by atoms with Crippen molar-refractivity contribution in [3.63, 3.8) is 0 Å². The number of aromatic nitrogens is 2. The minimum Gasteiger partial charge on any atom is -0.481 e. The Morgan fingerprint density at radius 3 is 2.62 bits per heavy atom. The summed E-state index contributed by atoms with van der Waals surface area (Å²) >= 11 is 0. The van der Waals surface area contributed by atoms with Crippen LogP contribution in [0.25, 0.3) is 11.5 Å². The number of rotatable bonds is 4. The van der Waals surface area contributed by atoms with E-state index in [1.165, 1.54) is 6.39 Å². The van der Waals surface area contributed by atoms with Crippen molar-refractivity contribution in [1.82, 2.24) is 15.1 Å². The summed E-state index contributed by atoms with van der Waals surface area (Å²) in [6.07, 6.45) is 2.97. The van der Waals surface area contributed by atoms with Crippen molar-refractivity contribution in [2.45, 2.75) is 25.9 Å². The molecule has 6 nitrogen and oxygen atoms in total. The van der Waals surface area contributed by atoms with Crippen molar-refractivity contribution in [3.05, 3.63) is 30.7 Å². The Hall–Kier alpha value is -2.37. The molecule has 0 radical (unpaired) electrons. The summed E-state index contributed by atoms with van der Waals surface area (Å²) in [6, 6.07) is 7.26. The molecule has 2 aromatic rings. The van der Waals surface area contributed by atoms with Gasteiger partial charge in [-0.1, -0.05) is 0 Å². The Labute approximate surface area is 122 Å². The van der Waals surface area contributed by atoms with Gasteiger partial charge in [-0.3, -0.25) is 4.79 Å². The molecule has 1 aromatic heterocycles. The van der Waals surface area contributed by atoms with E-state index in [0.717, 1.165) is 31.5 Å². The second kappa shape index (κ2) is 5.95. The molecular formula is C15H17N3O3. The van der Waals surface area contributed by atoms with Gasteiger partial charge in [0, 0.05) is 18.7 Å². The molecule has 1 aliphatic rings.